The number of rotatable bonds is 4. The van der Waals surface area contributed by atoms with E-state index in [-0.39, 0.29) is 0 Å². The normalized spacial score (nSPS) is 19.9. The van der Waals surface area contributed by atoms with Crippen LogP contribution >= 0.6 is 0 Å². The van der Waals surface area contributed by atoms with E-state index in [0.29, 0.717) is 31.2 Å². The molecule has 20 heavy (non-hydrogen) atoms. The number of benzene rings is 1. The lowest BCUT2D eigenvalue weighted by Gasteiger charge is -2.40. The van der Waals surface area contributed by atoms with E-state index < -0.39 is 15.6 Å². The summed E-state index contributed by atoms with van der Waals surface area (Å²) >= 11 is 0. The molecule has 1 saturated heterocycles. The molecule has 0 radical (unpaired) electrons. The molecule has 1 heterocycles. The fraction of sp³-hybridized carbons (Fsp3) is 0.571. The smallest absolute Gasteiger partial charge is 0.243 e. The number of ether oxygens (including phenoxy) is 1. The molecule has 0 aromatic heterocycles. The SMILES string of the molecule is CC1(C)COCCN1S(=O)(=O)c1ccc(CCN)cc1. The van der Waals surface area contributed by atoms with Crippen LogP contribution in [0.1, 0.15) is 19.4 Å². The van der Waals surface area contributed by atoms with Crippen LogP contribution in [0.15, 0.2) is 29.2 Å². The van der Waals surface area contributed by atoms with Crippen molar-refractivity contribution in [2.24, 2.45) is 5.73 Å². The second-order valence-corrected chi connectivity index (χ2v) is 7.49. The molecule has 0 unspecified atom stereocenters. The van der Waals surface area contributed by atoms with Gasteiger partial charge in [-0.2, -0.15) is 4.31 Å². The Labute approximate surface area is 120 Å². The topological polar surface area (TPSA) is 72.6 Å². The van der Waals surface area contributed by atoms with E-state index in [0.717, 1.165) is 12.0 Å². The van der Waals surface area contributed by atoms with Crippen molar-refractivity contribution in [2.45, 2.75) is 30.7 Å². The van der Waals surface area contributed by atoms with Gasteiger partial charge < -0.3 is 10.5 Å². The average molecular weight is 298 g/mol. The Balaban J connectivity index is 2.29. The molecule has 0 saturated carbocycles. The number of sulfonamides is 1. The van der Waals surface area contributed by atoms with Gasteiger partial charge in [0.1, 0.15) is 0 Å². The van der Waals surface area contributed by atoms with Gasteiger partial charge in [0.15, 0.2) is 0 Å². The molecule has 0 bridgehead atoms. The Morgan fingerprint density at radius 2 is 1.95 bits per heavy atom. The quantitative estimate of drug-likeness (QED) is 0.899. The molecule has 5 nitrogen and oxygen atoms in total. The van der Waals surface area contributed by atoms with Gasteiger partial charge in [0, 0.05) is 6.54 Å². The molecule has 1 fully saturated rings. The lowest BCUT2D eigenvalue weighted by molar-refractivity contribution is -0.00770. The summed E-state index contributed by atoms with van der Waals surface area (Å²) in [5, 5.41) is 0. The van der Waals surface area contributed by atoms with E-state index in [1.807, 2.05) is 26.0 Å². The second kappa shape index (κ2) is 5.81. The van der Waals surface area contributed by atoms with Crippen LogP contribution in [-0.4, -0.2) is 44.6 Å². The summed E-state index contributed by atoms with van der Waals surface area (Å²) in [5.41, 5.74) is 6.02. The Morgan fingerprint density at radius 1 is 1.30 bits per heavy atom. The summed E-state index contributed by atoms with van der Waals surface area (Å²) in [5.74, 6) is 0. The van der Waals surface area contributed by atoms with Crippen LogP contribution < -0.4 is 5.73 Å². The minimum absolute atomic E-state index is 0.327. The Morgan fingerprint density at radius 3 is 2.50 bits per heavy atom. The minimum Gasteiger partial charge on any atom is -0.378 e. The van der Waals surface area contributed by atoms with E-state index in [1.165, 1.54) is 4.31 Å². The molecule has 1 aromatic carbocycles. The fourth-order valence-electron chi connectivity index (χ4n) is 2.41. The molecular formula is C14H22N2O3S. The summed E-state index contributed by atoms with van der Waals surface area (Å²) in [4.78, 5) is 0.327. The maximum Gasteiger partial charge on any atom is 0.243 e. The molecule has 0 aliphatic carbocycles. The lowest BCUT2D eigenvalue weighted by atomic mass is 10.1. The maximum atomic E-state index is 12.7. The average Bonchev–Trinajstić information content (AvgIpc) is 2.39. The zero-order valence-electron chi connectivity index (χ0n) is 12.0. The van der Waals surface area contributed by atoms with Crippen LogP contribution in [-0.2, 0) is 21.2 Å². The van der Waals surface area contributed by atoms with Crippen LogP contribution in [0.2, 0.25) is 0 Å². The van der Waals surface area contributed by atoms with Gasteiger partial charge in [0.05, 0.1) is 23.6 Å². The van der Waals surface area contributed by atoms with Crippen molar-refractivity contribution >= 4 is 10.0 Å². The highest BCUT2D eigenvalue weighted by Gasteiger charge is 2.39. The van der Waals surface area contributed by atoms with Crippen LogP contribution in [0.5, 0.6) is 0 Å². The molecule has 1 aromatic rings. The molecule has 0 atom stereocenters. The molecule has 0 amide bonds. The van der Waals surface area contributed by atoms with Gasteiger partial charge in [0.2, 0.25) is 10.0 Å². The zero-order chi connectivity index (χ0) is 14.8. The summed E-state index contributed by atoms with van der Waals surface area (Å²) in [6, 6.07) is 6.97. The first-order chi connectivity index (χ1) is 9.38. The van der Waals surface area contributed by atoms with E-state index in [9.17, 15) is 8.42 Å². The Bertz CT molecular complexity index is 552. The first-order valence-electron chi connectivity index (χ1n) is 6.77. The first kappa shape index (κ1) is 15.4. The largest absolute Gasteiger partial charge is 0.378 e. The third-order valence-corrected chi connectivity index (χ3v) is 5.64. The highest BCUT2D eigenvalue weighted by Crippen LogP contribution is 2.27. The Hall–Kier alpha value is -0.950. The van der Waals surface area contributed by atoms with Crippen molar-refractivity contribution in [2.75, 3.05) is 26.3 Å². The second-order valence-electron chi connectivity index (χ2n) is 5.62. The van der Waals surface area contributed by atoms with E-state index in [4.69, 9.17) is 10.5 Å². The van der Waals surface area contributed by atoms with E-state index in [1.54, 1.807) is 12.1 Å². The molecule has 1 aliphatic rings. The number of hydrogen-bond donors (Lipinski definition) is 1. The highest BCUT2D eigenvalue weighted by atomic mass is 32.2. The number of morpholine rings is 1. The van der Waals surface area contributed by atoms with Gasteiger partial charge in [-0.3, -0.25) is 0 Å². The molecule has 112 valence electrons. The number of nitrogens with two attached hydrogens (primary N) is 1. The number of hydrogen-bond acceptors (Lipinski definition) is 4. The highest BCUT2D eigenvalue weighted by molar-refractivity contribution is 7.89. The molecule has 1 aliphatic heterocycles. The van der Waals surface area contributed by atoms with Gasteiger partial charge in [-0.15, -0.1) is 0 Å². The van der Waals surface area contributed by atoms with Crippen LogP contribution in [0.4, 0.5) is 0 Å². The maximum absolute atomic E-state index is 12.7. The molecule has 2 N–H and O–H groups in total. The summed E-state index contributed by atoms with van der Waals surface area (Å²) in [6.07, 6.45) is 0.753. The van der Waals surface area contributed by atoms with Crippen molar-refractivity contribution in [1.82, 2.24) is 4.31 Å². The van der Waals surface area contributed by atoms with Crippen molar-refractivity contribution in [3.05, 3.63) is 29.8 Å². The van der Waals surface area contributed by atoms with E-state index in [2.05, 4.69) is 0 Å². The summed E-state index contributed by atoms with van der Waals surface area (Å²) < 4.78 is 32.3. The summed E-state index contributed by atoms with van der Waals surface area (Å²) in [6.45, 7) is 5.56. The summed E-state index contributed by atoms with van der Waals surface area (Å²) in [7, 11) is -3.48. The van der Waals surface area contributed by atoms with Gasteiger partial charge in [-0.1, -0.05) is 12.1 Å². The first-order valence-corrected chi connectivity index (χ1v) is 8.21. The van der Waals surface area contributed by atoms with Crippen LogP contribution in [0, 0.1) is 0 Å². The zero-order valence-corrected chi connectivity index (χ0v) is 12.8. The monoisotopic (exact) mass is 298 g/mol. The van der Waals surface area contributed by atoms with E-state index >= 15 is 0 Å². The molecule has 6 heteroatoms. The third-order valence-electron chi connectivity index (χ3n) is 3.51. The Kier molecular flexibility index (Phi) is 4.49. The third kappa shape index (κ3) is 3.03. The van der Waals surface area contributed by atoms with Crippen LogP contribution in [0.25, 0.3) is 0 Å². The van der Waals surface area contributed by atoms with Crippen molar-refractivity contribution in [3.63, 3.8) is 0 Å². The van der Waals surface area contributed by atoms with Gasteiger partial charge in [-0.25, -0.2) is 8.42 Å². The molecule has 0 spiro atoms. The van der Waals surface area contributed by atoms with Crippen molar-refractivity contribution < 1.29 is 13.2 Å². The molecular weight excluding hydrogens is 276 g/mol. The minimum atomic E-state index is -3.48. The molecule has 2 rings (SSSR count). The predicted molar refractivity (Wildman–Crippen MR) is 78.0 cm³/mol. The van der Waals surface area contributed by atoms with Crippen molar-refractivity contribution in [1.29, 1.82) is 0 Å². The lowest BCUT2D eigenvalue weighted by Crippen LogP contribution is -2.55. The fourth-order valence-corrected chi connectivity index (χ4v) is 4.16. The number of nitrogens with zero attached hydrogens (tertiary/aromatic N) is 1. The van der Waals surface area contributed by atoms with Gasteiger partial charge >= 0.3 is 0 Å². The van der Waals surface area contributed by atoms with Gasteiger partial charge in [-0.05, 0) is 44.5 Å². The van der Waals surface area contributed by atoms with Crippen LogP contribution in [0.3, 0.4) is 0 Å². The predicted octanol–water partition coefficient (Wildman–Crippen LogP) is 0.987. The van der Waals surface area contributed by atoms with Gasteiger partial charge in [0.25, 0.3) is 0 Å². The van der Waals surface area contributed by atoms with Crippen molar-refractivity contribution in [3.8, 4) is 0 Å². The standard InChI is InChI=1S/C14H22N2O3S/c1-14(2)11-19-10-9-16(14)20(17,18)13-5-3-12(4-6-13)7-8-15/h3-6H,7-11,15H2,1-2H3.